The lowest BCUT2D eigenvalue weighted by atomic mass is 9.98. The zero-order valence-corrected chi connectivity index (χ0v) is 8.95. The molecular weight excluding hydrogens is 174 g/mol. The van der Waals surface area contributed by atoms with E-state index in [0.29, 0.717) is 6.42 Å². The SMILES string of the molecule is CCC(C)(N)CCS(=O)(=O)CC. The summed E-state index contributed by atoms with van der Waals surface area (Å²) in [5.74, 6) is 0.428. The van der Waals surface area contributed by atoms with Crippen molar-refractivity contribution in [2.75, 3.05) is 11.5 Å². The van der Waals surface area contributed by atoms with Crippen molar-refractivity contribution < 1.29 is 8.42 Å². The van der Waals surface area contributed by atoms with E-state index in [0.717, 1.165) is 6.42 Å². The molecule has 4 heteroatoms. The van der Waals surface area contributed by atoms with E-state index < -0.39 is 9.84 Å². The third kappa shape index (κ3) is 4.72. The highest BCUT2D eigenvalue weighted by atomic mass is 32.2. The molecule has 0 bridgehead atoms. The Balaban J connectivity index is 4.00. The summed E-state index contributed by atoms with van der Waals surface area (Å²) in [6.07, 6.45) is 1.37. The van der Waals surface area contributed by atoms with Crippen molar-refractivity contribution in [3.05, 3.63) is 0 Å². The molecule has 1 atom stereocenters. The number of hydrogen-bond acceptors (Lipinski definition) is 3. The molecular formula is C8H19NO2S. The predicted octanol–water partition coefficient (Wildman–Crippen LogP) is 0.939. The standard InChI is InChI=1S/C8H19NO2S/c1-4-8(3,9)6-7-12(10,11)5-2/h4-7,9H2,1-3H3. The van der Waals surface area contributed by atoms with Crippen LogP contribution in [-0.4, -0.2) is 25.5 Å². The van der Waals surface area contributed by atoms with E-state index in [4.69, 9.17) is 5.73 Å². The van der Waals surface area contributed by atoms with Gasteiger partial charge in [0.2, 0.25) is 0 Å². The average molecular weight is 193 g/mol. The lowest BCUT2D eigenvalue weighted by molar-refractivity contribution is 0.436. The van der Waals surface area contributed by atoms with Gasteiger partial charge in [0.05, 0.1) is 5.75 Å². The fraction of sp³-hybridized carbons (Fsp3) is 1.00. The molecule has 0 heterocycles. The minimum absolute atomic E-state index is 0.213. The third-order valence-corrected chi connectivity index (χ3v) is 3.94. The van der Waals surface area contributed by atoms with Gasteiger partial charge in [-0.2, -0.15) is 0 Å². The Morgan fingerprint density at radius 3 is 2.17 bits per heavy atom. The average Bonchev–Trinajstić information content (AvgIpc) is 2.02. The van der Waals surface area contributed by atoms with Crippen molar-refractivity contribution in [1.29, 1.82) is 0 Å². The second-order valence-corrected chi connectivity index (χ2v) is 5.97. The molecule has 0 aromatic rings. The summed E-state index contributed by atoms with van der Waals surface area (Å²) in [5.41, 5.74) is 5.48. The predicted molar refractivity (Wildman–Crippen MR) is 51.8 cm³/mol. The molecule has 0 aliphatic carbocycles. The lowest BCUT2D eigenvalue weighted by Crippen LogP contribution is -2.37. The molecule has 2 N–H and O–H groups in total. The molecule has 12 heavy (non-hydrogen) atoms. The highest BCUT2D eigenvalue weighted by molar-refractivity contribution is 7.91. The van der Waals surface area contributed by atoms with Gasteiger partial charge in [-0.3, -0.25) is 0 Å². The Morgan fingerprint density at radius 2 is 1.83 bits per heavy atom. The first kappa shape index (κ1) is 11.9. The van der Waals surface area contributed by atoms with Crippen LogP contribution in [-0.2, 0) is 9.84 Å². The van der Waals surface area contributed by atoms with Crippen LogP contribution in [0.2, 0.25) is 0 Å². The molecule has 0 rings (SSSR count). The summed E-state index contributed by atoms with van der Waals surface area (Å²) >= 11 is 0. The van der Waals surface area contributed by atoms with E-state index in [1.165, 1.54) is 0 Å². The van der Waals surface area contributed by atoms with Crippen LogP contribution < -0.4 is 5.73 Å². The van der Waals surface area contributed by atoms with Crippen LogP contribution in [0, 0.1) is 0 Å². The van der Waals surface area contributed by atoms with Gasteiger partial charge in [0.15, 0.2) is 0 Å². The van der Waals surface area contributed by atoms with Crippen molar-refractivity contribution in [3.63, 3.8) is 0 Å². The van der Waals surface area contributed by atoms with Gasteiger partial charge in [0.25, 0.3) is 0 Å². The van der Waals surface area contributed by atoms with Crippen LogP contribution in [0.5, 0.6) is 0 Å². The Kier molecular flexibility index (Phi) is 4.20. The van der Waals surface area contributed by atoms with E-state index in [2.05, 4.69) is 0 Å². The molecule has 1 unspecified atom stereocenters. The second-order valence-electron chi connectivity index (χ2n) is 3.49. The Bertz CT molecular complexity index is 219. The first-order valence-electron chi connectivity index (χ1n) is 4.32. The van der Waals surface area contributed by atoms with Crippen molar-refractivity contribution in [3.8, 4) is 0 Å². The Labute approximate surface area is 75.3 Å². The van der Waals surface area contributed by atoms with Crippen molar-refractivity contribution in [2.45, 2.75) is 39.2 Å². The third-order valence-electron chi connectivity index (χ3n) is 2.23. The van der Waals surface area contributed by atoms with Gasteiger partial charge in [-0.1, -0.05) is 13.8 Å². The molecule has 0 aromatic carbocycles. The number of hydrogen-bond donors (Lipinski definition) is 1. The molecule has 0 aliphatic heterocycles. The van der Waals surface area contributed by atoms with Gasteiger partial charge >= 0.3 is 0 Å². The summed E-state index contributed by atoms with van der Waals surface area (Å²) in [5, 5.41) is 0. The van der Waals surface area contributed by atoms with E-state index >= 15 is 0 Å². The number of sulfone groups is 1. The molecule has 0 fully saturated rings. The molecule has 0 saturated heterocycles. The van der Waals surface area contributed by atoms with E-state index in [1.807, 2.05) is 13.8 Å². The van der Waals surface area contributed by atoms with Crippen molar-refractivity contribution in [1.82, 2.24) is 0 Å². The maximum atomic E-state index is 11.1. The number of nitrogens with two attached hydrogens (primary N) is 1. The fourth-order valence-corrected chi connectivity index (χ4v) is 1.78. The normalized spacial score (nSPS) is 17.3. The summed E-state index contributed by atoms with van der Waals surface area (Å²) in [4.78, 5) is 0. The van der Waals surface area contributed by atoms with E-state index in [1.54, 1.807) is 6.92 Å². The first-order valence-corrected chi connectivity index (χ1v) is 6.14. The molecule has 0 aromatic heterocycles. The monoisotopic (exact) mass is 193 g/mol. The van der Waals surface area contributed by atoms with Gasteiger partial charge in [-0.15, -0.1) is 0 Å². The largest absolute Gasteiger partial charge is 0.325 e. The van der Waals surface area contributed by atoms with Gasteiger partial charge in [0, 0.05) is 11.3 Å². The summed E-state index contributed by atoms with van der Waals surface area (Å²) in [6.45, 7) is 5.52. The second kappa shape index (κ2) is 4.23. The fourth-order valence-electron chi connectivity index (χ4n) is 0.710. The van der Waals surface area contributed by atoms with Crippen molar-refractivity contribution >= 4 is 9.84 Å². The highest BCUT2D eigenvalue weighted by Gasteiger charge is 2.19. The van der Waals surface area contributed by atoms with E-state index in [9.17, 15) is 8.42 Å². The minimum atomic E-state index is -2.84. The zero-order chi connectivity index (χ0) is 9.83. The van der Waals surface area contributed by atoms with Crippen molar-refractivity contribution in [2.24, 2.45) is 5.73 Å². The van der Waals surface area contributed by atoms with Gasteiger partial charge in [-0.05, 0) is 19.8 Å². The zero-order valence-electron chi connectivity index (χ0n) is 8.13. The van der Waals surface area contributed by atoms with Crippen LogP contribution in [0.1, 0.15) is 33.6 Å². The smallest absolute Gasteiger partial charge is 0.150 e. The summed E-state index contributed by atoms with van der Waals surface area (Å²) in [7, 11) is -2.84. The Morgan fingerprint density at radius 1 is 1.33 bits per heavy atom. The van der Waals surface area contributed by atoms with Gasteiger partial charge in [0.1, 0.15) is 9.84 Å². The van der Waals surface area contributed by atoms with Crippen LogP contribution in [0.15, 0.2) is 0 Å². The molecule has 74 valence electrons. The quantitative estimate of drug-likeness (QED) is 0.707. The highest BCUT2D eigenvalue weighted by Crippen LogP contribution is 2.11. The lowest BCUT2D eigenvalue weighted by Gasteiger charge is -2.21. The summed E-state index contributed by atoms with van der Waals surface area (Å²) in [6, 6.07) is 0. The van der Waals surface area contributed by atoms with Crippen LogP contribution in [0.4, 0.5) is 0 Å². The first-order chi connectivity index (χ1) is 5.33. The van der Waals surface area contributed by atoms with E-state index in [-0.39, 0.29) is 17.0 Å². The molecule has 0 aliphatic rings. The van der Waals surface area contributed by atoms with Gasteiger partial charge < -0.3 is 5.73 Å². The van der Waals surface area contributed by atoms with Crippen LogP contribution in [0.25, 0.3) is 0 Å². The topological polar surface area (TPSA) is 60.2 Å². The maximum absolute atomic E-state index is 11.1. The van der Waals surface area contributed by atoms with Crippen LogP contribution >= 0.6 is 0 Å². The molecule has 0 radical (unpaired) electrons. The Hall–Kier alpha value is -0.0900. The molecule has 3 nitrogen and oxygen atoms in total. The molecule has 0 amide bonds. The molecule has 0 saturated carbocycles. The van der Waals surface area contributed by atoms with Gasteiger partial charge in [-0.25, -0.2) is 8.42 Å². The maximum Gasteiger partial charge on any atom is 0.150 e. The number of rotatable bonds is 5. The summed E-state index contributed by atoms with van der Waals surface area (Å²) < 4.78 is 22.2. The minimum Gasteiger partial charge on any atom is -0.325 e. The molecule has 0 spiro atoms. The van der Waals surface area contributed by atoms with Crippen LogP contribution in [0.3, 0.4) is 0 Å².